The van der Waals surface area contributed by atoms with Gasteiger partial charge in [0.05, 0.1) is 0 Å². The van der Waals surface area contributed by atoms with Crippen molar-refractivity contribution in [1.82, 2.24) is 15.1 Å². The number of carbonyl (C=O) groups excluding carboxylic acids is 2. The Balaban J connectivity index is 1.63. The summed E-state index contributed by atoms with van der Waals surface area (Å²) in [5, 5.41) is 5.13. The highest BCUT2D eigenvalue weighted by Gasteiger charge is 2.29. The number of nitrogens with zero attached hydrogens (tertiary/aromatic N) is 2. The quantitative estimate of drug-likeness (QED) is 0.813. The van der Waals surface area contributed by atoms with E-state index in [2.05, 4.69) is 15.4 Å². The second-order valence-corrected chi connectivity index (χ2v) is 6.25. The second-order valence-electron chi connectivity index (χ2n) is 6.25. The average Bonchev–Trinajstić information content (AvgIpc) is 2.60. The smallest absolute Gasteiger partial charge is 0.422 e. The Morgan fingerprint density at radius 1 is 1.19 bits per heavy atom. The van der Waals surface area contributed by atoms with Crippen LogP contribution in [0.3, 0.4) is 0 Å². The van der Waals surface area contributed by atoms with E-state index in [1.807, 2.05) is 36.1 Å². The summed E-state index contributed by atoms with van der Waals surface area (Å²) in [6.45, 7) is 3.25. The minimum absolute atomic E-state index is 0.172. The maximum atomic E-state index is 12.3. The number of hydrogen-bond acceptors (Lipinski definition) is 4. The number of halogens is 3. The molecule has 1 heterocycles. The van der Waals surface area contributed by atoms with Crippen LogP contribution in [0.15, 0.2) is 24.3 Å². The van der Waals surface area contributed by atoms with Gasteiger partial charge in [0.25, 0.3) is 0 Å². The highest BCUT2D eigenvalue weighted by atomic mass is 19.4. The monoisotopic (exact) mass is 388 g/mol. The van der Waals surface area contributed by atoms with Gasteiger partial charge in [0.2, 0.25) is 0 Å². The summed E-state index contributed by atoms with van der Waals surface area (Å²) in [6.07, 6.45) is -5.63. The molecule has 0 bridgehead atoms. The molecule has 150 valence electrons. The zero-order valence-electron chi connectivity index (χ0n) is 15.0. The van der Waals surface area contributed by atoms with E-state index in [1.54, 1.807) is 4.90 Å². The van der Waals surface area contributed by atoms with Crippen molar-refractivity contribution >= 4 is 17.8 Å². The van der Waals surface area contributed by atoms with Gasteiger partial charge >= 0.3 is 18.3 Å². The molecule has 3 amide bonds. The predicted octanol–water partition coefficient (Wildman–Crippen LogP) is 2.43. The molecular weight excluding hydrogens is 365 g/mol. The van der Waals surface area contributed by atoms with Crippen molar-refractivity contribution in [2.24, 2.45) is 0 Å². The molecule has 27 heavy (non-hydrogen) atoms. The van der Waals surface area contributed by atoms with Crippen molar-refractivity contribution in [1.29, 1.82) is 0 Å². The lowest BCUT2D eigenvalue weighted by atomic mass is 10.2. The number of urea groups is 1. The Labute approximate surface area is 155 Å². The molecule has 0 unspecified atom stereocenters. The molecule has 1 aromatic carbocycles. The van der Waals surface area contributed by atoms with E-state index in [0.29, 0.717) is 32.7 Å². The number of benzene rings is 1. The van der Waals surface area contributed by atoms with Crippen LogP contribution in [0.4, 0.5) is 28.4 Å². The summed E-state index contributed by atoms with van der Waals surface area (Å²) in [7, 11) is 0. The zero-order chi connectivity index (χ0) is 19.9. The first-order valence-electron chi connectivity index (χ1n) is 8.55. The molecule has 1 aliphatic rings. The molecule has 0 radical (unpaired) electrons. The Bertz CT molecular complexity index is 647. The lowest BCUT2D eigenvalue weighted by Crippen LogP contribution is -2.51. The highest BCUT2D eigenvalue weighted by molar-refractivity contribution is 5.89. The Morgan fingerprint density at radius 3 is 2.52 bits per heavy atom. The third kappa shape index (κ3) is 7.73. The van der Waals surface area contributed by atoms with E-state index in [-0.39, 0.29) is 12.6 Å². The van der Waals surface area contributed by atoms with Crippen molar-refractivity contribution in [3.8, 4) is 0 Å². The number of nitrogens with one attached hydrogen (secondary N) is 2. The predicted molar refractivity (Wildman–Crippen MR) is 93.6 cm³/mol. The molecule has 10 heteroatoms. The van der Waals surface area contributed by atoms with Crippen molar-refractivity contribution in [2.45, 2.75) is 13.1 Å². The van der Waals surface area contributed by atoms with Gasteiger partial charge in [-0.05, 0) is 24.6 Å². The molecule has 0 aliphatic carbocycles. The molecule has 0 spiro atoms. The van der Waals surface area contributed by atoms with Crippen LogP contribution in [0, 0.1) is 6.92 Å². The van der Waals surface area contributed by atoms with Crippen LogP contribution in [0.1, 0.15) is 5.56 Å². The number of ether oxygens (including phenoxy) is 1. The number of anilines is 1. The van der Waals surface area contributed by atoms with E-state index in [0.717, 1.165) is 11.3 Å². The number of piperazine rings is 1. The van der Waals surface area contributed by atoms with E-state index < -0.39 is 18.9 Å². The fraction of sp³-hybridized carbons (Fsp3) is 0.529. The number of aryl methyl sites for hydroxylation is 1. The summed E-state index contributed by atoms with van der Waals surface area (Å²) >= 11 is 0. The fourth-order valence-corrected chi connectivity index (χ4v) is 2.61. The van der Waals surface area contributed by atoms with Gasteiger partial charge in [0.1, 0.15) is 0 Å². The van der Waals surface area contributed by atoms with Gasteiger partial charge in [-0.2, -0.15) is 13.2 Å². The third-order valence-electron chi connectivity index (χ3n) is 3.99. The van der Waals surface area contributed by atoms with E-state index in [4.69, 9.17) is 0 Å². The van der Waals surface area contributed by atoms with Gasteiger partial charge in [0.15, 0.2) is 6.61 Å². The van der Waals surface area contributed by atoms with Crippen molar-refractivity contribution in [3.63, 3.8) is 0 Å². The van der Waals surface area contributed by atoms with Gasteiger partial charge in [-0.15, -0.1) is 0 Å². The lowest BCUT2D eigenvalue weighted by Gasteiger charge is -2.34. The number of hydrogen-bond donors (Lipinski definition) is 2. The molecule has 1 saturated heterocycles. The molecule has 2 N–H and O–H groups in total. The van der Waals surface area contributed by atoms with E-state index in [9.17, 15) is 22.8 Å². The van der Waals surface area contributed by atoms with Gasteiger partial charge in [-0.25, -0.2) is 9.59 Å². The summed E-state index contributed by atoms with van der Waals surface area (Å²) in [5.74, 6) is 0. The maximum absolute atomic E-state index is 12.3. The van der Waals surface area contributed by atoms with E-state index >= 15 is 0 Å². The maximum Gasteiger partial charge on any atom is 0.422 e. The highest BCUT2D eigenvalue weighted by Crippen LogP contribution is 2.14. The molecule has 1 aliphatic heterocycles. The topological polar surface area (TPSA) is 73.9 Å². The minimum Gasteiger partial charge on any atom is -0.440 e. The minimum atomic E-state index is -4.54. The van der Waals surface area contributed by atoms with Gasteiger partial charge in [-0.1, -0.05) is 12.1 Å². The fourth-order valence-electron chi connectivity index (χ4n) is 2.61. The van der Waals surface area contributed by atoms with Crippen LogP contribution in [-0.2, 0) is 4.74 Å². The van der Waals surface area contributed by atoms with Crippen LogP contribution in [0.2, 0.25) is 0 Å². The average molecular weight is 388 g/mol. The van der Waals surface area contributed by atoms with Gasteiger partial charge < -0.3 is 20.3 Å². The van der Waals surface area contributed by atoms with Crippen LogP contribution < -0.4 is 10.6 Å². The molecule has 7 nitrogen and oxygen atoms in total. The zero-order valence-corrected chi connectivity index (χ0v) is 15.0. The first kappa shape index (κ1) is 20.8. The molecule has 1 fully saturated rings. The van der Waals surface area contributed by atoms with Crippen LogP contribution in [0.25, 0.3) is 0 Å². The van der Waals surface area contributed by atoms with E-state index in [1.165, 1.54) is 0 Å². The largest absolute Gasteiger partial charge is 0.440 e. The number of rotatable bonds is 5. The first-order chi connectivity index (χ1) is 12.7. The third-order valence-corrected chi connectivity index (χ3v) is 3.99. The number of carbonyl (C=O) groups is 2. The molecule has 0 aromatic heterocycles. The molecule has 0 saturated carbocycles. The Hall–Kier alpha value is -2.49. The molecular formula is C17H23F3N4O3. The number of alkyl carbamates (subject to hydrolysis) is 1. The summed E-state index contributed by atoms with van der Waals surface area (Å²) < 4.78 is 39.9. The number of alkyl halides is 3. The Morgan fingerprint density at radius 2 is 1.89 bits per heavy atom. The van der Waals surface area contributed by atoms with Crippen molar-refractivity contribution < 1.29 is 27.5 Å². The van der Waals surface area contributed by atoms with Crippen molar-refractivity contribution in [2.75, 3.05) is 51.2 Å². The van der Waals surface area contributed by atoms with Crippen molar-refractivity contribution in [3.05, 3.63) is 29.8 Å². The first-order valence-corrected chi connectivity index (χ1v) is 8.55. The van der Waals surface area contributed by atoms with Gasteiger partial charge in [0, 0.05) is 45.0 Å². The van der Waals surface area contributed by atoms with Gasteiger partial charge in [-0.3, -0.25) is 4.90 Å². The number of amides is 3. The standard InChI is InChI=1S/C17H23F3N4O3/c1-13-3-2-4-14(11-13)22-15(25)24-9-7-23(8-10-24)6-5-21-16(26)27-12-17(18,19)20/h2-4,11H,5-10,12H2,1H3,(H,21,26)(H,22,25). The lowest BCUT2D eigenvalue weighted by molar-refractivity contribution is -0.160. The van der Waals surface area contributed by atoms with Crippen LogP contribution in [0.5, 0.6) is 0 Å². The van der Waals surface area contributed by atoms with Crippen LogP contribution in [-0.4, -0.2) is 74.0 Å². The molecule has 0 atom stereocenters. The Kier molecular flexibility index (Phi) is 7.28. The second kappa shape index (κ2) is 9.45. The molecule has 1 aromatic rings. The summed E-state index contributed by atoms with van der Waals surface area (Å²) in [4.78, 5) is 27.1. The summed E-state index contributed by atoms with van der Waals surface area (Å²) in [6, 6.07) is 7.36. The van der Waals surface area contributed by atoms with Crippen LogP contribution >= 0.6 is 0 Å². The molecule has 2 rings (SSSR count). The SMILES string of the molecule is Cc1cccc(NC(=O)N2CCN(CCNC(=O)OCC(F)(F)F)CC2)c1. The summed E-state index contributed by atoms with van der Waals surface area (Å²) in [5.41, 5.74) is 1.79. The normalized spacial score (nSPS) is 15.3.